The van der Waals surface area contributed by atoms with Crippen molar-refractivity contribution in [2.75, 3.05) is 0 Å². The monoisotopic (exact) mass is 322 g/mol. The molecule has 7 heteroatoms. The van der Waals surface area contributed by atoms with Crippen LogP contribution in [0.4, 0.5) is 5.69 Å². The first-order valence-corrected chi connectivity index (χ1v) is 7.87. The van der Waals surface area contributed by atoms with E-state index in [0.717, 1.165) is 6.42 Å². The van der Waals surface area contributed by atoms with Crippen LogP contribution in [0.25, 0.3) is 0 Å². The number of nitrogens with one attached hydrogen (secondary N) is 2. The first-order valence-electron chi connectivity index (χ1n) is 7.46. The maximum Gasteiger partial charge on any atom is 0.269 e. The van der Waals surface area contributed by atoms with E-state index in [4.69, 9.17) is 12.2 Å². The van der Waals surface area contributed by atoms with E-state index in [1.54, 1.807) is 0 Å². The molecule has 1 aliphatic rings. The van der Waals surface area contributed by atoms with E-state index in [1.807, 2.05) is 0 Å². The van der Waals surface area contributed by atoms with Gasteiger partial charge in [-0.25, -0.2) is 0 Å². The minimum Gasteiger partial charge on any atom is -0.872 e. The van der Waals surface area contributed by atoms with Crippen LogP contribution in [0, 0.1) is 16.0 Å². The topological polar surface area (TPSA) is 90.3 Å². The molecule has 120 valence electrons. The van der Waals surface area contributed by atoms with Gasteiger partial charge in [-0.15, -0.1) is 5.75 Å². The SMILES string of the molecule is C[C@H]1CCCC[C@H]1NC(=S)NCc1cc([N+](=O)[O-])ccc1[O-]. The normalized spacial score (nSPS) is 21.1. The number of rotatable bonds is 4. The summed E-state index contributed by atoms with van der Waals surface area (Å²) in [7, 11) is 0. The second-order valence-corrected chi connectivity index (χ2v) is 6.15. The summed E-state index contributed by atoms with van der Waals surface area (Å²) in [5.74, 6) is 0.341. The molecule has 0 unspecified atom stereocenters. The van der Waals surface area contributed by atoms with Gasteiger partial charge in [0.2, 0.25) is 0 Å². The van der Waals surface area contributed by atoms with E-state index in [1.165, 1.54) is 37.5 Å². The summed E-state index contributed by atoms with van der Waals surface area (Å²) in [6.07, 6.45) is 4.73. The molecule has 1 aliphatic carbocycles. The summed E-state index contributed by atoms with van der Waals surface area (Å²) >= 11 is 5.26. The van der Waals surface area contributed by atoms with Gasteiger partial charge in [-0.2, -0.15) is 0 Å². The molecule has 0 spiro atoms. The van der Waals surface area contributed by atoms with Gasteiger partial charge in [0.25, 0.3) is 5.69 Å². The Balaban J connectivity index is 1.90. The summed E-state index contributed by atoms with van der Waals surface area (Å²) in [5.41, 5.74) is 0.256. The van der Waals surface area contributed by atoms with Gasteiger partial charge in [0.15, 0.2) is 5.11 Å². The van der Waals surface area contributed by atoms with E-state index in [9.17, 15) is 15.2 Å². The van der Waals surface area contributed by atoms with Gasteiger partial charge in [0.1, 0.15) is 0 Å². The third kappa shape index (κ3) is 4.30. The zero-order chi connectivity index (χ0) is 16.1. The van der Waals surface area contributed by atoms with Crippen LogP contribution in [0.1, 0.15) is 38.2 Å². The Bertz CT molecular complexity index is 565. The van der Waals surface area contributed by atoms with Crippen LogP contribution in [0.2, 0.25) is 0 Å². The van der Waals surface area contributed by atoms with E-state index >= 15 is 0 Å². The molecule has 0 aromatic heterocycles. The van der Waals surface area contributed by atoms with Crippen molar-refractivity contribution in [1.82, 2.24) is 10.6 Å². The van der Waals surface area contributed by atoms with Crippen LogP contribution in [-0.2, 0) is 6.54 Å². The molecule has 6 nitrogen and oxygen atoms in total. The van der Waals surface area contributed by atoms with Gasteiger partial charge in [-0.05, 0) is 36.5 Å². The maximum atomic E-state index is 11.7. The second kappa shape index (κ2) is 7.40. The molecular formula is C15H20N3O3S-. The first kappa shape index (κ1) is 16.5. The first-order chi connectivity index (χ1) is 10.5. The number of hydrogen-bond acceptors (Lipinski definition) is 4. The maximum absolute atomic E-state index is 11.7. The summed E-state index contributed by atoms with van der Waals surface area (Å²) in [4.78, 5) is 10.2. The van der Waals surface area contributed by atoms with Crippen molar-refractivity contribution in [1.29, 1.82) is 0 Å². The van der Waals surface area contributed by atoms with Gasteiger partial charge in [-0.1, -0.05) is 25.8 Å². The Hall–Kier alpha value is -1.89. The van der Waals surface area contributed by atoms with Crippen LogP contribution in [-0.4, -0.2) is 16.1 Å². The summed E-state index contributed by atoms with van der Waals surface area (Å²) < 4.78 is 0. The van der Waals surface area contributed by atoms with Crippen LogP contribution in [0.3, 0.4) is 0 Å². The Morgan fingerprint density at radius 3 is 2.82 bits per heavy atom. The smallest absolute Gasteiger partial charge is 0.269 e. The molecule has 2 atom stereocenters. The number of nitro benzene ring substituents is 1. The molecule has 2 N–H and O–H groups in total. The van der Waals surface area contributed by atoms with Crippen molar-refractivity contribution in [3.05, 3.63) is 33.9 Å². The Kier molecular flexibility index (Phi) is 5.54. The predicted octanol–water partition coefficient (Wildman–Crippen LogP) is 2.21. The highest BCUT2D eigenvalue weighted by Gasteiger charge is 2.21. The Morgan fingerprint density at radius 1 is 1.41 bits per heavy atom. The number of non-ortho nitro benzene ring substituents is 1. The highest BCUT2D eigenvalue weighted by Crippen LogP contribution is 2.24. The van der Waals surface area contributed by atoms with Crippen molar-refractivity contribution in [2.24, 2.45) is 5.92 Å². The quantitative estimate of drug-likeness (QED) is 0.502. The van der Waals surface area contributed by atoms with Gasteiger partial charge in [0, 0.05) is 24.7 Å². The lowest BCUT2D eigenvalue weighted by Gasteiger charge is -2.30. The number of thiocarbonyl (C=S) groups is 1. The van der Waals surface area contributed by atoms with E-state index in [-0.39, 0.29) is 18.0 Å². The number of nitrogens with zero attached hydrogens (tertiary/aromatic N) is 1. The van der Waals surface area contributed by atoms with Gasteiger partial charge < -0.3 is 15.7 Å². The van der Waals surface area contributed by atoms with Crippen molar-refractivity contribution in [2.45, 2.75) is 45.2 Å². The molecule has 2 rings (SSSR count). The third-order valence-electron chi connectivity index (χ3n) is 4.12. The average molecular weight is 322 g/mol. The number of nitro groups is 1. The molecule has 0 saturated heterocycles. The number of benzene rings is 1. The Labute approximate surface area is 135 Å². The van der Waals surface area contributed by atoms with E-state index in [2.05, 4.69) is 17.6 Å². The molecule has 1 fully saturated rings. The molecular weight excluding hydrogens is 302 g/mol. The van der Waals surface area contributed by atoms with Crippen LogP contribution in [0.15, 0.2) is 18.2 Å². The van der Waals surface area contributed by atoms with Crippen LogP contribution >= 0.6 is 12.2 Å². The lowest BCUT2D eigenvalue weighted by atomic mass is 9.86. The molecule has 1 aromatic carbocycles. The van der Waals surface area contributed by atoms with Crippen molar-refractivity contribution < 1.29 is 10.0 Å². The highest BCUT2D eigenvalue weighted by atomic mass is 32.1. The molecule has 22 heavy (non-hydrogen) atoms. The summed E-state index contributed by atoms with van der Waals surface area (Å²) in [6.45, 7) is 2.39. The van der Waals surface area contributed by atoms with Crippen molar-refractivity contribution >= 4 is 23.0 Å². The largest absolute Gasteiger partial charge is 0.872 e. The summed E-state index contributed by atoms with van der Waals surface area (Å²) in [5, 5.41) is 29.2. The second-order valence-electron chi connectivity index (χ2n) is 5.74. The lowest BCUT2D eigenvalue weighted by molar-refractivity contribution is -0.385. The minimum atomic E-state index is -0.511. The molecule has 0 heterocycles. The molecule has 1 saturated carbocycles. The van der Waals surface area contributed by atoms with Gasteiger partial charge in [-0.3, -0.25) is 10.1 Å². The highest BCUT2D eigenvalue weighted by molar-refractivity contribution is 7.80. The molecule has 0 radical (unpaired) electrons. The summed E-state index contributed by atoms with van der Waals surface area (Å²) in [6, 6.07) is 4.08. The molecule has 0 bridgehead atoms. The zero-order valence-corrected chi connectivity index (χ0v) is 13.3. The standard InChI is InChI=1S/C15H21N3O3S/c1-10-4-2-3-5-13(10)17-15(22)16-9-11-8-12(18(20)21)6-7-14(11)19/h6-8,10,13,19H,2-5,9H2,1H3,(H2,16,17,22)/p-1/t10-,13+/m0/s1. The van der Waals surface area contributed by atoms with Crippen LogP contribution < -0.4 is 15.7 Å². The van der Waals surface area contributed by atoms with Crippen molar-refractivity contribution in [3.63, 3.8) is 0 Å². The zero-order valence-electron chi connectivity index (χ0n) is 12.5. The fourth-order valence-electron chi connectivity index (χ4n) is 2.74. The molecule has 0 amide bonds. The Morgan fingerprint density at radius 2 is 2.14 bits per heavy atom. The number of hydrogen-bond donors (Lipinski definition) is 2. The molecule has 0 aliphatic heterocycles. The van der Waals surface area contributed by atoms with Gasteiger partial charge in [0.05, 0.1) is 4.92 Å². The fraction of sp³-hybridized carbons (Fsp3) is 0.533. The lowest BCUT2D eigenvalue weighted by Crippen LogP contribution is -2.45. The minimum absolute atomic E-state index is 0.0869. The molecule has 1 aromatic rings. The third-order valence-corrected chi connectivity index (χ3v) is 4.38. The van der Waals surface area contributed by atoms with Gasteiger partial charge >= 0.3 is 0 Å². The van der Waals surface area contributed by atoms with Crippen molar-refractivity contribution in [3.8, 4) is 5.75 Å². The fourth-order valence-corrected chi connectivity index (χ4v) is 2.97. The van der Waals surface area contributed by atoms with E-state index < -0.39 is 4.92 Å². The van der Waals surface area contributed by atoms with E-state index in [0.29, 0.717) is 22.6 Å². The predicted molar refractivity (Wildman–Crippen MR) is 86.5 cm³/mol. The van der Waals surface area contributed by atoms with Crippen LogP contribution in [0.5, 0.6) is 5.75 Å². The average Bonchev–Trinajstić information content (AvgIpc) is 2.48.